The number of ketones is 1. The van der Waals surface area contributed by atoms with Crippen molar-refractivity contribution in [2.75, 3.05) is 13.1 Å². The number of hydrogen-bond acceptors (Lipinski definition) is 11. The summed E-state index contributed by atoms with van der Waals surface area (Å²) in [6, 6.07) is 10.7. The molecular weight excluding hydrogens is 637 g/mol. The molecule has 0 spiro atoms. The molecule has 0 aliphatic carbocycles. The molecule has 250 valence electrons. The highest BCUT2D eigenvalue weighted by Crippen LogP contribution is 2.43. The lowest BCUT2D eigenvalue weighted by Crippen LogP contribution is -2.49. The third-order valence-corrected chi connectivity index (χ3v) is 6.71. The fourth-order valence-corrected chi connectivity index (χ4v) is 4.28. The fourth-order valence-electron chi connectivity index (χ4n) is 4.28. The number of carboxylic acid groups (broad SMARTS) is 2. The molecule has 2 atom stereocenters. The number of aromatic hydroxyl groups is 4. The Bertz CT molecular complexity index is 1630. The summed E-state index contributed by atoms with van der Waals surface area (Å²) in [4.78, 5) is 58.5. The van der Waals surface area contributed by atoms with Gasteiger partial charge in [-0.3, -0.25) is 9.59 Å². The SMILES string of the molecule is O=C(O)C(F)(F)F.O=C(O)c1ccc(C(=O)NC2CNCCCC2OC(=O)c2ccc(C(=O)c3c(O)c(O)cc(O)c3O)cc2)cc1. The zero-order valence-corrected chi connectivity index (χ0v) is 23.9. The molecule has 8 N–H and O–H groups in total. The van der Waals surface area contributed by atoms with Crippen molar-refractivity contribution in [3.63, 3.8) is 0 Å². The number of ether oxygens (including phenoxy) is 1. The summed E-state index contributed by atoms with van der Waals surface area (Å²) in [6.07, 6.45) is -4.64. The maximum absolute atomic E-state index is 12.9. The van der Waals surface area contributed by atoms with E-state index in [1.165, 1.54) is 48.5 Å². The molecule has 3 aromatic rings. The molecule has 0 bridgehead atoms. The lowest BCUT2D eigenvalue weighted by atomic mass is 9.99. The van der Waals surface area contributed by atoms with Gasteiger partial charge in [-0.25, -0.2) is 14.4 Å². The van der Waals surface area contributed by atoms with E-state index in [0.717, 1.165) is 0 Å². The summed E-state index contributed by atoms with van der Waals surface area (Å²) >= 11 is 0. The van der Waals surface area contributed by atoms with Crippen molar-refractivity contribution in [1.82, 2.24) is 10.6 Å². The van der Waals surface area contributed by atoms with Crippen LogP contribution in [0.3, 0.4) is 0 Å². The Balaban J connectivity index is 0.000000771. The summed E-state index contributed by atoms with van der Waals surface area (Å²) in [5.74, 6) is -9.35. The van der Waals surface area contributed by atoms with Crippen molar-refractivity contribution < 1.29 is 72.5 Å². The van der Waals surface area contributed by atoms with Gasteiger partial charge in [-0.1, -0.05) is 12.1 Å². The van der Waals surface area contributed by atoms with E-state index in [-0.39, 0.29) is 22.3 Å². The van der Waals surface area contributed by atoms with E-state index in [2.05, 4.69) is 10.6 Å². The molecule has 3 aromatic carbocycles. The molecule has 0 aromatic heterocycles. The first-order valence-corrected chi connectivity index (χ1v) is 13.5. The van der Waals surface area contributed by atoms with Crippen molar-refractivity contribution in [3.05, 3.63) is 82.4 Å². The number of halogens is 3. The predicted molar refractivity (Wildman–Crippen MR) is 153 cm³/mol. The van der Waals surface area contributed by atoms with Crippen molar-refractivity contribution in [2.24, 2.45) is 0 Å². The Labute approximate surface area is 262 Å². The van der Waals surface area contributed by atoms with Crippen LogP contribution in [0.25, 0.3) is 0 Å². The first kappa shape index (κ1) is 35.6. The van der Waals surface area contributed by atoms with E-state index >= 15 is 0 Å². The minimum atomic E-state index is -5.08. The molecule has 14 nitrogen and oxygen atoms in total. The molecule has 1 amide bonds. The maximum atomic E-state index is 12.9. The third kappa shape index (κ3) is 9.10. The van der Waals surface area contributed by atoms with Gasteiger partial charge >= 0.3 is 24.1 Å². The molecule has 2 unspecified atom stereocenters. The van der Waals surface area contributed by atoms with E-state index < -0.39 is 76.5 Å². The van der Waals surface area contributed by atoms with Crippen LogP contribution in [0.15, 0.2) is 54.6 Å². The summed E-state index contributed by atoms with van der Waals surface area (Å²) < 4.78 is 37.4. The molecule has 1 fully saturated rings. The van der Waals surface area contributed by atoms with E-state index in [4.69, 9.17) is 19.7 Å². The molecule has 0 radical (unpaired) electrons. The number of amides is 1. The minimum Gasteiger partial charge on any atom is -0.504 e. The van der Waals surface area contributed by atoms with Crippen molar-refractivity contribution in [3.8, 4) is 23.0 Å². The van der Waals surface area contributed by atoms with Gasteiger partial charge in [0.2, 0.25) is 5.78 Å². The second-order valence-corrected chi connectivity index (χ2v) is 9.95. The van der Waals surface area contributed by atoms with Crippen LogP contribution in [-0.2, 0) is 9.53 Å². The highest BCUT2D eigenvalue weighted by atomic mass is 19.4. The molecule has 17 heteroatoms. The number of phenols is 4. The largest absolute Gasteiger partial charge is 0.504 e. The summed E-state index contributed by atoms with van der Waals surface area (Å²) in [5.41, 5.74) is -0.368. The Morgan fingerprint density at radius 2 is 1.28 bits per heavy atom. The van der Waals surface area contributed by atoms with Gasteiger partial charge in [0.15, 0.2) is 23.0 Å². The number of aliphatic carboxylic acids is 1. The standard InChI is InChI=1S/C28H26N2O10.C2HF3O2/c31-19-12-20(32)25(35)22(24(19)34)23(33)14-3-9-17(10-4-14)28(39)40-21-2-1-11-29-13-18(21)30-26(36)15-5-7-16(8-6-15)27(37)38;3-2(4,5)1(6)7/h3-10,12,18,21,29,31-32,34-35H,1-2,11,13H2,(H,30,36)(H,37,38);(H,6,7). The molecule has 1 saturated heterocycles. The Hall–Kier alpha value is -5.84. The number of benzene rings is 3. The van der Waals surface area contributed by atoms with Crippen LogP contribution in [0.4, 0.5) is 13.2 Å². The topological polar surface area (TPSA) is 240 Å². The first-order chi connectivity index (χ1) is 22.0. The van der Waals surface area contributed by atoms with Gasteiger partial charge in [0.05, 0.1) is 17.2 Å². The maximum Gasteiger partial charge on any atom is 0.490 e. The first-order valence-electron chi connectivity index (χ1n) is 13.5. The number of carboxylic acids is 2. The predicted octanol–water partition coefficient (Wildman–Crippen LogP) is 2.78. The van der Waals surface area contributed by atoms with Gasteiger partial charge in [0.25, 0.3) is 5.91 Å². The van der Waals surface area contributed by atoms with Crippen LogP contribution >= 0.6 is 0 Å². The van der Waals surface area contributed by atoms with Crippen LogP contribution in [0.2, 0.25) is 0 Å². The van der Waals surface area contributed by atoms with Crippen LogP contribution in [0, 0.1) is 0 Å². The zero-order chi connectivity index (χ0) is 35.1. The molecule has 1 aliphatic heterocycles. The quantitative estimate of drug-likeness (QED) is 0.0785. The Morgan fingerprint density at radius 1 is 0.787 bits per heavy atom. The Morgan fingerprint density at radius 3 is 1.79 bits per heavy atom. The number of aromatic carboxylic acids is 1. The van der Waals surface area contributed by atoms with Gasteiger partial charge < -0.3 is 46.0 Å². The fraction of sp³-hybridized carbons (Fsp3) is 0.233. The summed E-state index contributed by atoms with van der Waals surface area (Å²) in [7, 11) is 0. The van der Waals surface area contributed by atoms with Crippen molar-refractivity contribution >= 4 is 29.6 Å². The third-order valence-electron chi connectivity index (χ3n) is 6.71. The Kier molecular flexibility index (Phi) is 11.3. The van der Waals surface area contributed by atoms with Gasteiger partial charge in [0, 0.05) is 23.7 Å². The van der Waals surface area contributed by atoms with Crippen molar-refractivity contribution in [1.29, 1.82) is 0 Å². The lowest BCUT2D eigenvalue weighted by Gasteiger charge is -2.26. The average Bonchev–Trinajstić information content (AvgIpc) is 3.24. The zero-order valence-electron chi connectivity index (χ0n) is 23.9. The van der Waals surface area contributed by atoms with Gasteiger partial charge in [-0.2, -0.15) is 13.2 Å². The second-order valence-electron chi connectivity index (χ2n) is 9.95. The number of alkyl halides is 3. The second kappa shape index (κ2) is 15.0. The van der Waals surface area contributed by atoms with E-state index in [1.54, 1.807) is 0 Å². The summed E-state index contributed by atoms with van der Waals surface area (Å²) in [6.45, 7) is 0.975. The monoisotopic (exact) mass is 664 g/mol. The van der Waals surface area contributed by atoms with E-state index in [0.29, 0.717) is 32.0 Å². The number of rotatable bonds is 7. The molecule has 4 rings (SSSR count). The van der Waals surface area contributed by atoms with E-state index in [9.17, 15) is 52.8 Å². The number of esters is 1. The number of carbonyl (C=O) groups is 5. The molecule has 1 aliphatic rings. The molecule has 0 saturated carbocycles. The molecule has 47 heavy (non-hydrogen) atoms. The smallest absolute Gasteiger partial charge is 0.490 e. The summed E-state index contributed by atoms with van der Waals surface area (Å²) in [5, 5.41) is 61.5. The number of phenolic OH excluding ortho intramolecular Hbond substituents is 4. The molecule has 1 heterocycles. The van der Waals surface area contributed by atoms with Gasteiger partial charge in [0.1, 0.15) is 11.7 Å². The lowest BCUT2D eigenvalue weighted by molar-refractivity contribution is -0.192. The van der Waals surface area contributed by atoms with Crippen LogP contribution in [0.5, 0.6) is 23.0 Å². The average molecular weight is 665 g/mol. The number of nitrogens with one attached hydrogen (secondary N) is 2. The van der Waals surface area contributed by atoms with Crippen LogP contribution in [0.1, 0.15) is 59.8 Å². The highest BCUT2D eigenvalue weighted by molar-refractivity contribution is 6.13. The van der Waals surface area contributed by atoms with Crippen LogP contribution in [-0.4, -0.2) is 91.6 Å². The number of carbonyl (C=O) groups excluding carboxylic acids is 3. The van der Waals surface area contributed by atoms with Crippen LogP contribution < -0.4 is 10.6 Å². The molecular formula is C30H27F3N2O12. The highest BCUT2D eigenvalue weighted by Gasteiger charge is 2.38. The normalized spacial score (nSPS) is 16.1. The van der Waals surface area contributed by atoms with Crippen molar-refractivity contribution in [2.45, 2.75) is 31.2 Å². The minimum absolute atomic E-state index is 0.0425. The van der Waals surface area contributed by atoms with E-state index in [1.807, 2.05) is 0 Å². The van der Waals surface area contributed by atoms with Gasteiger partial charge in [-0.05, 0) is 55.8 Å². The number of hydrogen-bond donors (Lipinski definition) is 8. The van der Waals surface area contributed by atoms with Gasteiger partial charge in [-0.15, -0.1) is 0 Å².